The zero-order chi connectivity index (χ0) is 8.55. The Hall–Kier alpha value is -1.01. The van der Waals surface area contributed by atoms with Gasteiger partial charge in [-0.15, -0.1) is 0 Å². The van der Waals surface area contributed by atoms with Crippen molar-refractivity contribution < 1.29 is 0 Å². The molecule has 0 N–H and O–H groups in total. The van der Waals surface area contributed by atoms with E-state index in [0.29, 0.717) is 5.02 Å². The van der Waals surface area contributed by atoms with Crippen LogP contribution in [0.2, 0.25) is 5.02 Å². The van der Waals surface area contributed by atoms with Crippen LogP contribution >= 0.6 is 11.6 Å². The van der Waals surface area contributed by atoms with Gasteiger partial charge in [-0.25, -0.2) is 0 Å². The fourth-order valence-electron chi connectivity index (χ4n) is 1.26. The van der Waals surface area contributed by atoms with Gasteiger partial charge in [0.2, 0.25) is 0 Å². The molecule has 0 spiro atoms. The predicted octanol–water partition coefficient (Wildman–Crippen LogP) is 3.60. The molecule has 2 aromatic rings. The Morgan fingerprint density at radius 1 is 1.17 bits per heavy atom. The molecule has 0 nitrogen and oxygen atoms in total. The number of halogens is 1. The molecule has 59 valence electrons. The lowest BCUT2D eigenvalue weighted by Crippen LogP contribution is -1.75. The largest absolute Gasteiger partial charge is 0.0836 e. The summed E-state index contributed by atoms with van der Waals surface area (Å²) in [5, 5.41) is 2.95. The molecule has 2 aromatic carbocycles. The SMILES string of the molecule is Cc1ccc2ccc(Cl)[c]c2c1. The zero-order valence-corrected chi connectivity index (χ0v) is 7.52. The van der Waals surface area contributed by atoms with Crippen LogP contribution in [-0.2, 0) is 0 Å². The van der Waals surface area contributed by atoms with Crippen LogP contribution in [0.25, 0.3) is 10.8 Å². The van der Waals surface area contributed by atoms with E-state index in [-0.39, 0.29) is 0 Å². The molecule has 0 aliphatic heterocycles. The molecule has 12 heavy (non-hydrogen) atoms. The summed E-state index contributed by atoms with van der Waals surface area (Å²) in [6.45, 7) is 2.06. The molecule has 2 rings (SSSR count). The lowest BCUT2D eigenvalue weighted by atomic mass is 10.1. The Kier molecular flexibility index (Phi) is 1.78. The molecule has 0 amide bonds. The number of aryl methyl sites for hydroxylation is 1. The van der Waals surface area contributed by atoms with Crippen molar-refractivity contribution >= 4 is 22.4 Å². The summed E-state index contributed by atoms with van der Waals surface area (Å²) < 4.78 is 0. The first kappa shape index (κ1) is 7.63. The van der Waals surface area contributed by atoms with E-state index < -0.39 is 0 Å². The Morgan fingerprint density at radius 2 is 1.92 bits per heavy atom. The van der Waals surface area contributed by atoms with Crippen LogP contribution in [0.4, 0.5) is 0 Å². The average molecular weight is 176 g/mol. The summed E-state index contributed by atoms with van der Waals surface area (Å²) in [6.07, 6.45) is 0. The Morgan fingerprint density at radius 3 is 2.75 bits per heavy atom. The molecular formula is C11H8Cl. The third-order valence-corrected chi connectivity index (χ3v) is 2.09. The maximum Gasteiger partial charge on any atom is 0.0491 e. The molecule has 0 aliphatic carbocycles. The molecular weight excluding hydrogens is 168 g/mol. The van der Waals surface area contributed by atoms with Gasteiger partial charge in [0, 0.05) is 11.1 Å². The maximum absolute atomic E-state index is 5.82. The van der Waals surface area contributed by atoms with Crippen LogP contribution in [0.3, 0.4) is 0 Å². The van der Waals surface area contributed by atoms with Crippen molar-refractivity contribution in [3.63, 3.8) is 0 Å². The first-order chi connectivity index (χ1) is 5.75. The average Bonchev–Trinajstić information content (AvgIpc) is 2.03. The van der Waals surface area contributed by atoms with Crippen molar-refractivity contribution in [2.75, 3.05) is 0 Å². The van der Waals surface area contributed by atoms with Gasteiger partial charge in [0.25, 0.3) is 0 Å². The summed E-state index contributed by atoms with van der Waals surface area (Å²) in [7, 11) is 0. The molecule has 0 atom stereocenters. The van der Waals surface area contributed by atoms with E-state index in [1.54, 1.807) is 0 Å². The first-order valence-corrected chi connectivity index (χ1v) is 4.22. The van der Waals surface area contributed by atoms with Crippen LogP contribution in [0.15, 0.2) is 30.3 Å². The number of benzene rings is 2. The standard InChI is InChI=1S/C11H8Cl/c1-8-2-3-9-4-5-11(12)7-10(9)6-8/h2-6H,1H3. The van der Waals surface area contributed by atoms with Gasteiger partial charge in [0.1, 0.15) is 0 Å². The molecule has 0 heterocycles. The van der Waals surface area contributed by atoms with Gasteiger partial charge in [0.15, 0.2) is 0 Å². The van der Waals surface area contributed by atoms with Crippen LogP contribution in [0.5, 0.6) is 0 Å². The summed E-state index contributed by atoms with van der Waals surface area (Å²) >= 11 is 5.82. The molecule has 0 bridgehead atoms. The highest BCUT2D eigenvalue weighted by Crippen LogP contribution is 2.19. The number of fused-ring (bicyclic) bond motifs is 1. The van der Waals surface area contributed by atoms with E-state index in [4.69, 9.17) is 11.6 Å². The summed E-state index contributed by atoms with van der Waals surface area (Å²) in [5.41, 5.74) is 1.24. The van der Waals surface area contributed by atoms with Gasteiger partial charge >= 0.3 is 0 Å². The maximum atomic E-state index is 5.82. The molecule has 0 aliphatic rings. The lowest BCUT2D eigenvalue weighted by Gasteiger charge is -1.98. The molecule has 1 radical (unpaired) electrons. The normalized spacial score (nSPS) is 10.5. The van der Waals surface area contributed by atoms with E-state index in [1.807, 2.05) is 12.1 Å². The number of hydrogen-bond acceptors (Lipinski definition) is 0. The van der Waals surface area contributed by atoms with Crippen LogP contribution in [0, 0.1) is 13.0 Å². The second kappa shape index (κ2) is 2.80. The molecule has 0 aromatic heterocycles. The van der Waals surface area contributed by atoms with Crippen molar-refractivity contribution in [1.82, 2.24) is 0 Å². The van der Waals surface area contributed by atoms with E-state index in [0.717, 1.165) is 5.39 Å². The van der Waals surface area contributed by atoms with Crippen molar-refractivity contribution in [2.45, 2.75) is 6.92 Å². The number of rotatable bonds is 0. The Bertz CT molecular complexity index is 382. The van der Waals surface area contributed by atoms with Crippen molar-refractivity contribution in [3.8, 4) is 0 Å². The van der Waals surface area contributed by atoms with Crippen molar-refractivity contribution in [3.05, 3.63) is 47.0 Å². The minimum Gasteiger partial charge on any atom is -0.0836 e. The van der Waals surface area contributed by atoms with E-state index in [9.17, 15) is 0 Å². The van der Waals surface area contributed by atoms with E-state index in [1.165, 1.54) is 10.9 Å². The highest BCUT2D eigenvalue weighted by atomic mass is 35.5. The topological polar surface area (TPSA) is 0 Å². The van der Waals surface area contributed by atoms with Gasteiger partial charge in [-0.05, 0) is 23.8 Å². The Labute approximate surface area is 76.8 Å². The third-order valence-electron chi connectivity index (χ3n) is 1.87. The van der Waals surface area contributed by atoms with Crippen LogP contribution in [0.1, 0.15) is 5.56 Å². The minimum absolute atomic E-state index is 0.674. The second-order valence-corrected chi connectivity index (χ2v) is 3.30. The zero-order valence-electron chi connectivity index (χ0n) is 6.76. The first-order valence-electron chi connectivity index (χ1n) is 3.84. The van der Waals surface area contributed by atoms with Crippen LogP contribution < -0.4 is 0 Å². The molecule has 0 unspecified atom stereocenters. The molecule has 0 saturated carbocycles. The van der Waals surface area contributed by atoms with Gasteiger partial charge < -0.3 is 0 Å². The lowest BCUT2D eigenvalue weighted by molar-refractivity contribution is 1.50. The van der Waals surface area contributed by atoms with Crippen molar-refractivity contribution in [1.29, 1.82) is 0 Å². The summed E-state index contributed by atoms with van der Waals surface area (Å²) in [4.78, 5) is 0. The van der Waals surface area contributed by atoms with Gasteiger partial charge in [-0.1, -0.05) is 41.4 Å². The monoisotopic (exact) mass is 175 g/mol. The van der Waals surface area contributed by atoms with Crippen molar-refractivity contribution in [2.24, 2.45) is 0 Å². The van der Waals surface area contributed by atoms with Crippen LogP contribution in [-0.4, -0.2) is 0 Å². The van der Waals surface area contributed by atoms with E-state index >= 15 is 0 Å². The van der Waals surface area contributed by atoms with Gasteiger partial charge in [0.05, 0.1) is 0 Å². The third kappa shape index (κ3) is 1.30. The predicted molar refractivity (Wildman–Crippen MR) is 52.5 cm³/mol. The second-order valence-electron chi connectivity index (χ2n) is 2.90. The molecule has 1 heteroatoms. The molecule has 0 saturated heterocycles. The van der Waals surface area contributed by atoms with Gasteiger partial charge in [-0.2, -0.15) is 0 Å². The number of hydrogen-bond donors (Lipinski definition) is 0. The van der Waals surface area contributed by atoms with E-state index in [2.05, 4.69) is 31.2 Å². The fourth-order valence-corrected chi connectivity index (χ4v) is 1.42. The summed E-state index contributed by atoms with van der Waals surface area (Å²) in [5.74, 6) is 0. The fraction of sp³-hybridized carbons (Fsp3) is 0.0909. The highest BCUT2D eigenvalue weighted by molar-refractivity contribution is 6.31. The quantitative estimate of drug-likeness (QED) is 0.574. The minimum atomic E-state index is 0.674. The smallest absolute Gasteiger partial charge is 0.0491 e. The Balaban J connectivity index is 2.80. The molecule has 0 fully saturated rings. The highest BCUT2D eigenvalue weighted by Gasteiger charge is 1.94. The van der Waals surface area contributed by atoms with Gasteiger partial charge in [-0.3, -0.25) is 0 Å². The summed E-state index contributed by atoms with van der Waals surface area (Å²) in [6, 6.07) is 13.2.